The van der Waals surface area contributed by atoms with Crippen LogP contribution >= 0.6 is 34.9 Å². The number of carbonyl (C=O) groups excluding carboxylic acids is 2. The number of ether oxygens (including phenoxy) is 1. The Labute approximate surface area is 124 Å². The van der Waals surface area contributed by atoms with E-state index in [0.717, 1.165) is 8.68 Å². The SMILES string of the molecule is CCOC(=O)C(C)(C)C(=O)CSc1nnc(SC)s1. The molecule has 0 amide bonds. The van der Waals surface area contributed by atoms with Crippen molar-refractivity contribution in [2.75, 3.05) is 18.6 Å². The molecule has 19 heavy (non-hydrogen) atoms. The van der Waals surface area contributed by atoms with E-state index < -0.39 is 11.4 Å². The normalized spacial score (nSPS) is 11.4. The van der Waals surface area contributed by atoms with Gasteiger partial charge in [-0.05, 0) is 27.0 Å². The van der Waals surface area contributed by atoms with Crippen molar-refractivity contribution in [2.45, 2.75) is 29.5 Å². The zero-order valence-corrected chi connectivity index (χ0v) is 13.7. The summed E-state index contributed by atoms with van der Waals surface area (Å²) in [6, 6.07) is 0. The van der Waals surface area contributed by atoms with Crippen LogP contribution in [0.25, 0.3) is 0 Å². The third-order valence-electron chi connectivity index (χ3n) is 2.37. The topological polar surface area (TPSA) is 69.2 Å². The molecule has 0 atom stereocenters. The minimum absolute atomic E-state index is 0.170. The summed E-state index contributed by atoms with van der Waals surface area (Å²) in [5, 5.41) is 7.91. The lowest BCUT2D eigenvalue weighted by atomic mass is 9.89. The zero-order valence-electron chi connectivity index (χ0n) is 11.3. The van der Waals surface area contributed by atoms with Gasteiger partial charge in [0.15, 0.2) is 14.5 Å². The van der Waals surface area contributed by atoms with Crippen LogP contribution < -0.4 is 0 Å². The van der Waals surface area contributed by atoms with Crippen LogP contribution in [-0.2, 0) is 14.3 Å². The molecular weight excluding hydrogens is 304 g/mol. The Hall–Kier alpha value is -0.600. The Kier molecular flexibility index (Phi) is 6.28. The third kappa shape index (κ3) is 4.47. The van der Waals surface area contributed by atoms with E-state index >= 15 is 0 Å². The molecule has 0 fully saturated rings. The highest BCUT2D eigenvalue weighted by molar-refractivity contribution is 8.03. The first-order chi connectivity index (χ1) is 8.91. The Bertz CT molecular complexity index is 460. The minimum atomic E-state index is -1.12. The van der Waals surface area contributed by atoms with Crippen LogP contribution in [0.15, 0.2) is 8.68 Å². The van der Waals surface area contributed by atoms with Crippen molar-refractivity contribution in [1.82, 2.24) is 10.2 Å². The molecule has 0 spiro atoms. The molecule has 0 aliphatic carbocycles. The molecule has 1 aromatic rings. The van der Waals surface area contributed by atoms with Gasteiger partial charge in [-0.15, -0.1) is 10.2 Å². The van der Waals surface area contributed by atoms with E-state index in [1.54, 1.807) is 20.8 Å². The summed E-state index contributed by atoms with van der Waals surface area (Å²) < 4.78 is 6.50. The van der Waals surface area contributed by atoms with Gasteiger partial charge in [-0.3, -0.25) is 9.59 Å². The van der Waals surface area contributed by atoms with Gasteiger partial charge in [0, 0.05) is 0 Å². The smallest absolute Gasteiger partial charge is 0.319 e. The molecule has 0 radical (unpaired) electrons. The van der Waals surface area contributed by atoms with Crippen molar-refractivity contribution in [3.05, 3.63) is 0 Å². The number of hydrogen-bond acceptors (Lipinski definition) is 8. The standard InChI is InChI=1S/C11H16N2O3S3/c1-5-16-8(15)11(2,3)7(14)6-18-10-13-12-9(17-4)19-10/h5-6H2,1-4H3. The molecule has 5 nitrogen and oxygen atoms in total. The number of aromatic nitrogens is 2. The zero-order chi connectivity index (χ0) is 14.5. The van der Waals surface area contributed by atoms with Crippen LogP contribution in [0.4, 0.5) is 0 Å². The fourth-order valence-corrected chi connectivity index (χ4v) is 3.60. The van der Waals surface area contributed by atoms with Crippen molar-refractivity contribution in [3.63, 3.8) is 0 Å². The number of rotatable bonds is 7. The minimum Gasteiger partial charge on any atom is -0.465 e. The third-order valence-corrected chi connectivity index (χ3v) is 5.40. The largest absolute Gasteiger partial charge is 0.465 e. The predicted molar refractivity (Wildman–Crippen MR) is 77.8 cm³/mol. The summed E-state index contributed by atoms with van der Waals surface area (Å²) in [5.41, 5.74) is -1.12. The fraction of sp³-hybridized carbons (Fsp3) is 0.636. The van der Waals surface area contributed by atoms with Crippen LogP contribution in [-0.4, -0.2) is 40.6 Å². The molecule has 0 aromatic carbocycles. The van der Waals surface area contributed by atoms with Gasteiger partial charge in [0.05, 0.1) is 12.4 Å². The van der Waals surface area contributed by atoms with Crippen molar-refractivity contribution >= 4 is 46.6 Å². The van der Waals surface area contributed by atoms with E-state index in [4.69, 9.17) is 4.74 Å². The summed E-state index contributed by atoms with van der Waals surface area (Å²) in [6.45, 7) is 5.16. The van der Waals surface area contributed by atoms with Gasteiger partial charge >= 0.3 is 5.97 Å². The highest BCUT2D eigenvalue weighted by Crippen LogP contribution is 2.29. The summed E-state index contributed by atoms with van der Waals surface area (Å²) in [7, 11) is 0. The lowest BCUT2D eigenvalue weighted by Gasteiger charge is -2.20. The number of ketones is 1. The van der Waals surface area contributed by atoms with Crippen molar-refractivity contribution < 1.29 is 14.3 Å². The molecule has 0 bridgehead atoms. The van der Waals surface area contributed by atoms with Gasteiger partial charge in [-0.1, -0.05) is 34.9 Å². The molecule has 0 unspecified atom stereocenters. The van der Waals surface area contributed by atoms with E-state index in [9.17, 15) is 9.59 Å². The first kappa shape index (κ1) is 16.5. The molecule has 0 aliphatic heterocycles. The molecule has 8 heteroatoms. The molecule has 1 aromatic heterocycles. The first-order valence-electron chi connectivity index (χ1n) is 5.62. The molecule has 1 rings (SSSR count). The fourth-order valence-electron chi connectivity index (χ4n) is 1.07. The average molecular weight is 320 g/mol. The number of nitrogens with zero attached hydrogens (tertiary/aromatic N) is 2. The monoisotopic (exact) mass is 320 g/mol. The quantitative estimate of drug-likeness (QED) is 0.434. The van der Waals surface area contributed by atoms with Gasteiger partial charge in [0.1, 0.15) is 5.41 Å². The van der Waals surface area contributed by atoms with E-state index in [1.165, 1.54) is 34.9 Å². The summed E-state index contributed by atoms with van der Waals surface area (Å²) >= 11 is 4.25. The van der Waals surface area contributed by atoms with Crippen LogP contribution in [0, 0.1) is 5.41 Å². The van der Waals surface area contributed by atoms with Crippen LogP contribution in [0.1, 0.15) is 20.8 Å². The Morgan fingerprint density at radius 1 is 1.32 bits per heavy atom. The van der Waals surface area contributed by atoms with Gasteiger partial charge in [0.2, 0.25) is 0 Å². The number of esters is 1. The predicted octanol–water partition coefficient (Wildman–Crippen LogP) is 2.51. The molecule has 0 saturated carbocycles. The number of thioether (sulfide) groups is 2. The number of Topliss-reactive ketones (excluding diaryl/α,β-unsaturated/α-hetero) is 1. The van der Waals surface area contributed by atoms with Crippen LogP contribution in [0.2, 0.25) is 0 Å². The van der Waals surface area contributed by atoms with Crippen LogP contribution in [0.3, 0.4) is 0 Å². The lowest BCUT2D eigenvalue weighted by molar-refractivity contribution is -0.157. The Morgan fingerprint density at radius 3 is 2.47 bits per heavy atom. The van der Waals surface area contributed by atoms with Gasteiger partial charge in [0.25, 0.3) is 0 Å². The van der Waals surface area contributed by atoms with Gasteiger partial charge in [-0.25, -0.2) is 0 Å². The second-order valence-corrected chi connectivity index (χ2v) is 7.35. The van der Waals surface area contributed by atoms with Gasteiger partial charge in [-0.2, -0.15) is 0 Å². The molecule has 0 saturated heterocycles. The second-order valence-electron chi connectivity index (χ2n) is 4.10. The van der Waals surface area contributed by atoms with Crippen LogP contribution in [0.5, 0.6) is 0 Å². The van der Waals surface area contributed by atoms with Crippen molar-refractivity contribution in [3.8, 4) is 0 Å². The van der Waals surface area contributed by atoms with Crippen molar-refractivity contribution in [2.24, 2.45) is 5.41 Å². The van der Waals surface area contributed by atoms with E-state index in [0.29, 0.717) is 0 Å². The maximum atomic E-state index is 12.1. The van der Waals surface area contributed by atoms with E-state index in [-0.39, 0.29) is 18.1 Å². The number of carbonyl (C=O) groups is 2. The maximum Gasteiger partial charge on any atom is 0.319 e. The first-order valence-corrected chi connectivity index (χ1v) is 8.65. The highest BCUT2D eigenvalue weighted by atomic mass is 32.2. The molecule has 106 valence electrons. The lowest BCUT2D eigenvalue weighted by Crippen LogP contribution is -2.36. The van der Waals surface area contributed by atoms with Crippen molar-refractivity contribution in [1.29, 1.82) is 0 Å². The summed E-state index contributed by atoms with van der Waals surface area (Å²) in [6.07, 6.45) is 1.92. The number of hydrogen-bond donors (Lipinski definition) is 0. The van der Waals surface area contributed by atoms with E-state index in [2.05, 4.69) is 10.2 Å². The average Bonchev–Trinajstić information content (AvgIpc) is 2.84. The molecule has 0 N–H and O–H groups in total. The molecule has 0 aliphatic rings. The molecule has 1 heterocycles. The molecular formula is C11H16N2O3S3. The van der Waals surface area contributed by atoms with E-state index in [1.807, 2.05) is 6.26 Å². The second kappa shape index (κ2) is 7.25. The van der Waals surface area contributed by atoms with Gasteiger partial charge < -0.3 is 4.74 Å². The Balaban J connectivity index is 2.56. The highest BCUT2D eigenvalue weighted by Gasteiger charge is 2.37. The summed E-state index contributed by atoms with van der Waals surface area (Å²) in [5.74, 6) is -0.464. The Morgan fingerprint density at radius 2 is 1.95 bits per heavy atom. The maximum absolute atomic E-state index is 12.1. The summed E-state index contributed by atoms with van der Waals surface area (Å²) in [4.78, 5) is 23.7.